The van der Waals surface area contributed by atoms with Crippen molar-refractivity contribution < 1.29 is 19.0 Å². The number of imidazole rings is 1. The summed E-state index contributed by atoms with van der Waals surface area (Å²) in [6.07, 6.45) is 1.55. The number of fused-ring (bicyclic) bond motifs is 2. The van der Waals surface area contributed by atoms with Crippen molar-refractivity contribution >= 4 is 44.5 Å². The summed E-state index contributed by atoms with van der Waals surface area (Å²) in [6, 6.07) is 22.4. The molecule has 6 rings (SSSR count). The number of pyridine rings is 1. The lowest BCUT2D eigenvalue weighted by atomic mass is 10.2. The Morgan fingerprint density at radius 2 is 1.82 bits per heavy atom. The van der Waals surface area contributed by atoms with E-state index in [1.54, 1.807) is 18.3 Å². The highest BCUT2D eigenvalue weighted by Crippen LogP contribution is 2.32. The summed E-state index contributed by atoms with van der Waals surface area (Å²) in [7, 11) is 1.95. The number of rotatable bonds is 7. The van der Waals surface area contributed by atoms with Crippen LogP contribution in [0.1, 0.15) is 16.1 Å². The number of ether oxygens (including phenoxy) is 3. The van der Waals surface area contributed by atoms with E-state index >= 15 is 0 Å². The van der Waals surface area contributed by atoms with Gasteiger partial charge in [-0.15, -0.1) is 0 Å². The van der Waals surface area contributed by atoms with Crippen LogP contribution in [0, 0.1) is 0 Å². The van der Waals surface area contributed by atoms with Gasteiger partial charge in [0.1, 0.15) is 17.2 Å². The van der Waals surface area contributed by atoms with Crippen LogP contribution >= 0.6 is 15.9 Å². The number of aromatic nitrogens is 3. The molecule has 3 heterocycles. The molecular formula is C28H22BrN5O4. The number of carbonyl (C=O) groups is 1. The lowest BCUT2D eigenvalue weighted by Crippen LogP contribution is -2.23. The predicted octanol–water partition coefficient (Wildman–Crippen LogP) is 5.93. The lowest BCUT2D eigenvalue weighted by molar-refractivity contribution is 0.0945. The maximum Gasteiger partial charge on any atom is 0.270 e. The van der Waals surface area contributed by atoms with Crippen molar-refractivity contribution in [1.82, 2.24) is 19.9 Å². The second kappa shape index (κ2) is 10.1. The van der Waals surface area contributed by atoms with Gasteiger partial charge < -0.3 is 29.4 Å². The molecule has 3 aromatic carbocycles. The zero-order valence-corrected chi connectivity index (χ0v) is 21.9. The van der Waals surface area contributed by atoms with Crippen LogP contribution in [0.15, 0.2) is 83.5 Å². The number of anilines is 2. The van der Waals surface area contributed by atoms with Gasteiger partial charge in [0.05, 0.1) is 11.0 Å². The monoisotopic (exact) mass is 571 g/mol. The highest BCUT2D eigenvalue weighted by Gasteiger charge is 2.15. The minimum Gasteiger partial charge on any atom is -0.457 e. The van der Waals surface area contributed by atoms with Crippen LogP contribution in [0.3, 0.4) is 0 Å². The predicted molar refractivity (Wildman–Crippen MR) is 146 cm³/mol. The average Bonchev–Trinajstić information content (AvgIpc) is 3.52. The third kappa shape index (κ3) is 4.98. The second-order valence-electron chi connectivity index (χ2n) is 8.63. The largest absolute Gasteiger partial charge is 0.457 e. The number of amides is 1. The molecule has 9 nitrogen and oxygen atoms in total. The van der Waals surface area contributed by atoms with Crippen LogP contribution in [0.5, 0.6) is 23.0 Å². The van der Waals surface area contributed by atoms with Crippen molar-refractivity contribution in [2.75, 3.05) is 12.1 Å². The molecule has 0 radical (unpaired) electrons. The van der Waals surface area contributed by atoms with E-state index in [1.807, 2.05) is 72.3 Å². The Hall–Kier alpha value is -4.57. The standard InChI is InChI=1S/C28H22BrN5O4/c1-34-24-8-7-20(13-22(24)33-28(34)32-19-5-3-18(29)4-6-19)38-21-10-11-30-23(14-21)27(35)31-15-17-2-9-25-26(12-17)37-16-36-25/h2-14H,15-16H2,1H3,(H,31,35)(H,32,33). The Morgan fingerprint density at radius 1 is 1.00 bits per heavy atom. The van der Waals surface area contributed by atoms with E-state index in [-0.39, 0.29) is 18.4 Å². The van der Waals surface area contributed by atoms with Crippen molar-refractivity contribution in [3.05, 3.63) is 94.7 Å². The molecule has 0 aliphatic carbocycles. The average molecular weight is 572 g/mol. The van der Waals surface area contributed by atoms with Gasteiger partial charge in [-0.3, -0.25) is 9.78 Å². The zero-order chi connectivity index (χ0) is 26.1. The van der Waals surface area contributed by atoms with E-state index in [0.717, 1.165) is 26.8 Å². The Labute approximate surface area is 226 Å². The first-order valence-corrected chi connectivity index (χ1v) is 12.6. The molecule has 1 aliphatic heterocycles. The lowest BCUT2D eigenvalue weighted by Gasteiger charge is -2.09. The number of halogens is 1. The Kier molecular flexibility index (Phi) is 6.30. The maximum atomic E-state index is 12.7. The minimum absolute atomic E-state index is 0.208. The van der Waals surface area contributed by atoms with E-state index in [4.69, 9.17) is 19.2 Å². The fraction of sp³-hybridized carbons (Fsp3) is 0.107. The molecule has 0 unspecified atom stereocenters. The summed E-state index contributed by atoms with van der Waals surface area (Å²) in [5, 5.41) is 6.22. The number of hydrogen-bond acceptors (Lipinski definition) is 7. The van der Waals surface area contributed by atoms with Crippen LogP contribution in [0.2, 0.25) is 0 Å². The van der Waals surface area contributed by atoms with E-state index in [0.29, 0.717) is 35.5 Å². The molecule has 0 spiro atoms. The van der Waals surface area contributed by atoms with Gasteiger partial charge >= 0.3 is 0 Å². The van der Waals surface area contributed by atoms with Crippen molar-refractivity contribution in [3.63, 3.8) is 0 Å². The summed E-state index contributed by atoms with van der Waals surface area (Å²) >= 11 is 3.45. The van der Waals surface area contributed by atoms with Gasteiger partial charge in [0.25, 0.3) is 5.91 Å². The summed E-state index contributed by atoms with van der Waals surface area (Å²) in [4.78, 5) is 21.6. The highest BCUT2D eigenvalue weighted by atomic mass is 79.9. The summed E-state index contributed by atoms with van der Waals surface area (Å²) < 4.78 is 19.8. The van der Waals surface area contributed by atoms with Crippen LogP contribution in [0.25, 0.3) is 11.0 Å². The van der Waals surface area contributed by atoms with Crippen molar-refractivity contribution in [1.29, 1.82) is 0 Å². The Bertz CT molecular complexity index is 1650. The van der Waals surface area contributed by atoms with Gasteiger partial charge in [0.15, 0.2) is 11.5 Å². The first-order valence-electron chi connectivity index (χ1n) is 11.8. The first kappa shape index (κ1) is 23.8. The van der Waals surface area contributed by atoms with Crippen LogP contribution < -0.4 is 24.8 Å². The zero-order valence-electron chi connectivity index (χ0n) is 20.3. The number of nitrogens with one attached hydrogen (secondary N) is 2. The molecular weight excluding hydrogens is 550 g/mol. The van der Waals surface area contributed by atoms with Crippen molar-refractivity contribution in [2.45, 2.75) is 6.54 Å². The number of benzene rings is 3. The molecule has 10 heteroatoms. The van der Waals surface area contributed by atoms with Crippen molar-refractivity contribution in [2.24, 2.45) is 7.05 Å². The molecule has 1 aliphatic rings. The maximum absolute atomic E-state index is 12.7. The molecule has 0 atom stereocenters. The van der Waals surface area contributed by atoms with Gasteiger partial charge in [-0.2, -0.15) is 0 Å². The molecule has 1 amide bonds. The minimum atomic E-state index is -0.308. The molecule has 38 heavy (non-hydrogen) atoms. The fourth-order valence-corrected chi connectivity index (χ4v) is 4.34. The Morgan fingerprint density at radius 3 is 2.68 bits per heavy atom. The van der Waals surface area contributed by atoms with Crippen LogP contribution in [-0.2, 0) is 13.6 Å². The number of nitrogens with zero attached hydrogens (tertiary/aromatic N) is 3. The highest BCUT2D eigenvalue weighted by molar-refractivity contribution is 9.10. The molecule has 5 aromatic rings. The quantitative estimate of drug-likeness (QED) is 0.250. The third-order valence-corrected chi connectivity index (χ3v) is 6.57. The molecule has 2 aromatic heterocycles. The summed E-state index contributed by atoms with van der Waals surface area (Å²) in [5.74, 6) is 2.88. The van der Waals surface area contributed by atoms with Gasteiger partial charge in [-0.05, 0) is 60.2 Å². The van der Waals surface area contributed by atoms with E-state index in [1.165, 1.54) is 0 Å². The topological polar surface area (TPSA) is 99.5 Å². The summed E-state index contributed by atoms with van der Waals surface area (Å²) in [6.45, 7) is 0.536. The Balaban J connectivity index is 1.14. The smallest absolute Gasteiger partial charge is 0.270 e. The van der Waals surface area contributed by atoms with Crippen molar-refractivity contribution in [3.8, 4) is 23.0 Å². The molecule has 0 bridgehead atoms. The third-order valence-electron chi connectivity index (χ3n) is 6.04. The number of hydrogen-bond donors (Lipinski definition) is 2. The molecule has 0 fully saturated rings. The molecule has 0 saturated heterocycles. The van der Waals surface area contributed by atoms with Gasteiger partial charge in [-0.1, -0.05) is 22.0 Å². The van der Waals surface area contributed by atoms with Crippen LogP contribution in [-0.4, -0.2) is 27.2 Å². The number of aryl methyl sites for hydroxylation is 1. The summed E-state index contributed by atoms with van der Waals surface area (Å²) in [5.41, 5.74) is 3.82. The number of carbonyl (C=O) groups excluding carboxylic acids is 1. The van der Waals surface area contributed by atoms with Crippen LogP contribution in [0.4, 0.5) is 11.6 Å². The van der Waals surface area contributed by atoms with E-state index < -0.39 is 0 Å². The molecule has 2 N–H and O–H groups in total. The van der Waals surface area contributed by atoms with Gasteiger partial charge in [0, 0.05) is 42.1 Å². The fourth-order valence-electron chi connectivity index (χ4n) is 4.08. The molecule has 0 saturated carbocycles. The molecule has 190 valence electrons. The SMILES string of the molecule is Cn1c(Nc2ccc(Br)cc2)nc2cc(Oc3ccnc(C(=O)NCc4ccc5c(c4)OCO5)c3)ccc21. The first-order chi connectivity index (χ1) is 18.5. The van der Waals surface area contributed by atoms with E-state index in [9.17, 15) is 4.79 Å². The van der Waals surface area contributed by atoms with Gasteiger partial charge in [-0.25, -0.2) is 4.98 Å². The van der Waals surface area contributed by atoms with E-state index in [2.05, 4.69) is 31.5 Å². The van der Waals surface area contributed by atoms with Gasteiger partial charge in [0.2, 0.25) is 12.7 Å². The normalized spacial score (nSPS) is 11.9. The second-order valence-corrected chi connectivity index (χ2v) is 9.54.